The van der Waals surface area contributed by atoms with E-state index in [1.807, 2.05) is 53.7 Å². The zero-order valence-electron chi connectivity index (χ0n) is 32.3. The Morgan fingerprint density at radius 2 is 1.23 bits per heavy atom. The fourth-order valence-electron chi connectivity index (χ4n) is 5.54. The Morgan fingerprint density at radius 1 is 0.688 bits per heavy atom. The second-order valence-electron chi connectivity index (χ2n) is 15.3. The van der Waals surface area contributed by atoms with Gasteiger partial charge in [0.1, 0.15) is 18.3 Å². The molecule has 0 aliphatic rings. The number of amides is 1. The molecule has 0 heterocycles. The van der Waals surface area contributed by atoms with E-state index in [0.29, 0.717) is 6.42 Å². The molecule has 0 saturated carbocycles. The van der Waals surface area contributed by atoms with Crippen LogP contribution in [0.3, 0.4) is 0 Å². The standard InChI is InChI=1S/C40H77NO7/c1-9-11-13-15-17-18-19-20-21-23-24-26-28-34(43)38(48-40(6,7)8)33(41-37(45)29-27-25-22-16-14-12-10-2)31-46-32-35(44)36(30-42)47-39(3,4)5/h14,16,25,27,33-36,38,42-44H,9-13,15,17-24,26,28-32H2,1-8H3,(H,41,45)/b16-14-,27-25-/t33-,34+,35-,36-,38-/m0/s1. The Bertz CT molecular complexity index is 817. The van der Waals surface area contributed by atoms with Gasteiger partial charge in [-0.1, -0.05) is 122 Å². The van der Waals surface area contributed by atoms with Crippen molar-refractivity contribution < 1.29 is 34.3 Å². The third kappa shape index (κ3) is 27.5. The second kappa shape index (κ2) is 28.4. The van der Waals surface area contributed by atoms with Crippen LogP contribution in [0.1, 0.15) is 165 Å². The molecule has 0 aromatic carbocycles. The third-order valence-corrected chi connectivity index (χ3v) is 8.03. The molecule has 0 aromatic heterocycles. The number of allylic oxidation sites excluding steroid dienone is 3. The molecule has 0 unspecified atom stereocenters. The Balaban J connectivity index is 5.32. The van der Waals surface area contributed by atoms with Crippen molar-refractivity contribution >= 4 is 5.91 Å². The van der Waals surface area contributed by atoms with Gasteiger partial charge in [0, 0.05) is 6.42 Å². The molecular formula is C40H77NO7. The third-order valence-electron chi connectivity index (χ3n) is 8.03. The van der Waals surface area contributed by atoms with Gasteiger partial charge in [0.15, 0.2) is 0 Å². The summed E-state index contributed by atoms with van der Waals surface area (Å²) in [7, 11) is 0. The quantitative estimate of drug-likeness (QED) is 0.0444. The number of aliphatic hydroxyl groups excluding tert-OH is 3. The molecular weight excluding hydrogens is 606 g/mol. The minimum Gasteiger partial charge on any atom is -0.394 e. The molecule has 1 amide bonds. The number of rotatable bonds is 30. The average molecular weight is 684 g/mol. The molecule has 8 heteroatoms. The minimum absolute atomic E-state index is 0.0240. The first-order valence-electron chi connectivity index (χ1n) is 19.2. The van der Waals surface area contributed by atoms with Gasteiger partial charge in [-0.25, -0.2) is 0 Å². The molecule has 0 saturated heterocycles. The van der Waals surface area contributed by atoms with Crippen LogP contribution in [-0.4, -0.2) is 82.7 Å². The summed E-state index contributed by atoms with van der Waals surface area (Å²) in [5.74, 6) is -0.192. The van der Waals surface area contributed by atoms with Crippen molar-refractivity contribution in [2.75, 3.05) is 19.8 Å². The number of carbonyl (C=O) groups is 1. The molecule has 0 spiro atoms. The molecule has 0 rings (SSSR count). The highest BCUT2D eigenvalue weighted by atomic mass is 16.5. The summed E-state index contributed by atoms with van der Waals surface area (Å²) in [4.78, 5) is 13.1. The average Bonchev–Trinajstić information content (AvgIpc) is 3.01. The van der Waals surface area contributed by atoms with Crippen LogP contribution < -0.4 is 5.32 Å². The first-order valence-corrected chi connectivity index (χ1v) is 19.2. The van der Waals surface area contributed by atoms with E-state index in [1.54, 1.807) is 0 Å². The normalized spacial score (nSPS) is 16.0. The highest BCUT2D eigenvalue weighted by Gasteiger charge is 2.34. The van der Waals surface area contributed by atoms with Crippen LogP contribution in [0.4, 0.5) is 0 Å². The van der Waals surface area contributed by atoms with Crippen LogP contribution in [0.5, 0.6) is 0 Å². The minimum atomic E-state index is -1.07. The number of unbranched alkanes of at least 4 members (excludes halogenated alkanes) is 12. The van der Waals surface area contributed by atoms with E-state index in [-0.39, 0.29) is 32.1 Å². The molecule has 0 aromatic rings. The Hall–Kier alpha value is -1.29. The number of nitrogens with one attached hydrogen (secondary N) is 1. The van der Waals surface area contributed by atoms with Gasteiger partial charge >= 0.3 is 0 Å². The van der Waals surface area contributed by atoms with Crippen LogP contribution in [0.25, 0.3) is 0 Å². The number of hydrogen-bond acceptors (Lipinski definition) is 7. The Kier molecular flexibility index (Phi) is 27.6. The molecule has 0 fully saturated rings. The van der Waals surface area contributed by atoms with Gasteiger partial charge in [0.05, 0.1) is 43.2 Å². The van der Waals surface area contributed by atoms with E-state index in [9.17, 15) is 20.1 Å². The summed E-state index contributed by atoms with van der Waals surface area (Å²) >= 11 is 0. The molecule has 48 heavy (non-hydrogen) atoms. The van der Waals surface area contributed by atoms with Crippen molar-refractivity contribution in [1.82, 2.24) is 5.32 Å². The van der Waals surface area contributed by atoms with Crippen molar-refractivity contribution in [3.8, 4) is 0 Å². The maximum Gasteiger partial charge on any atom is 0.224 e. The lowest BCUT2D eigenvalue weighted by molar-refractivity contribution is -0.155. The molecule has 8 nitrogen and oxygen atoms in total. The number of carbonyl (C=O) groups excluding carboxylic acids is 1. The van der Waals surface area contributed by atoms with Crippen molar-refractivity contribution in [3.05, 3.63) is 24.3 Å². The topological polar surface area (TPSA) is 117 Å². The maximum absolute atomic E-state index is 13.1. The molecule has 5 atom stereocenters. The smallest absolute Gasteiger partial charge is 0.224 e. The van der Waals surface area contributed by atoms with Crippen LogP contribution in [-0.2, 0) is 19.0 Å². The highest BCUT2D eigenvalue weighted by molar-refractivity contribution is 5.77. The number of aliphatic hydroxyl groups is 3. The van der Waals surface area contributed by atoms with Gasteiger partial charge in [-0.2, -0.15) is 0 Å². The maximum atomic E-state index is 13.1. The van der Waals surface area contributed by atoms with E-state index >= 15 is 0 Å². The molecule has 0 aliphatic carbocycles. The van der Waals surface area contributed by atoms with Crippen molar-refractivity contribution in [1.29, 1.82) is 0 Å². The van der Waals surface area contributed by atoms with Crippen molar-refractivity contribution in [2.24, 2.45) is 0 Å². The van der Waals surface area contributed by atoms with Crippen LogP contribution in [0.15, 0.2) is 24.3 Å². The zero-order valence-corrected chi connectivity index (χ0v) is 32.3. The zero-order chi connectivity index (χ0) is 36.3. The summed E-state index contributed by atoms with van der Waals surface area (Å²) in [5.41, 5.74) is -1.12. The molecule has 284 valence electrons. The van der Waals surface area contributed by atoms with Gasteiger partial charge in [-0.3, -0.25) is 4.79 Å². The van der Waals surface area contributed by atoms with E-state index in [2.05, 4.69) is 31.3 Å². The second-order valence-corrected chi connectivity index (χ2v) is 15.3. The van der Waals surface area contributed by atoms with E-state index < -0.39 is 41.7 Å². The molecule has 0 radical (unpaired) electrons. The highest BCUT2D eigenvalue weighted by Crippen LogP contribution is 2.22. The van der Waals surface area contributed by atoms with Crippen molar-refractivity contribution in [2.45, 2.75) is 206 Å². The van der Waals surface area contributed by atoms with Gasteiger partial charge in [-0.15, -0.1) is 0 Å². The van der Waals surface area contributed by atoms with E-state index in [0.717, 1.165) is 38.5 Å². The fraction of sp³-hybridized carbons (Fsp3) is 0.875. The lowest BCUT2D eigenvalue weighted by atomic mass is 9.98. The van der Waals surface area contributed by atoms with Gasteiger partial charge in [0.2, 0.25) is 5.91 Å². The first kappa shape index (κ1) is 46.7. The summed E-state index contributed by atoms with van der Waals surface area (Å²) in [5, 5.41) is 35.0. The largest absolute Gasteiger partial charge is 0.394 e. The molecule has 4 N–H and O–H groups in total. The Morgan fingerprint density at radius 3 is 1.75 bits per heavy atom. The number of ether oxygens (including phenoxy) is 3. The number of hydrogen-bond donors (Lipinski definition) is 4. The lowest BCUT2D eigenvalue weighted by Crippen LogP contribution is -2.54. The Labute approximate surface area is 295 Å². The van der Waals surface area contributed by atoms with Gasteiger partial charge in [-0.05, 0) is 60.8 Å². The van der Waals surface area contributed by atoms with E-state index in [4.69, 9.17) is 14.2 Å². The SMILES string of the molecule is CCC/C=C\C/C=C\CC(=O)N[C@@H](COC[C@H](O)[C@H](CO)OC(C)(C)C)[C@H](OC(C)(C)C)[C@H](O)CCCCCCCCCCCCCC. The first-order chi connectivity index (χ1) is 22.7. The predicted molar refractivity (Wildman–Crippen MR) is 199 cm³/mol. The van der Waals surface area contributed by atoms with Gasteiger partial charge < -0.3 is 34.8 Å². The summed E-state index contributed by atoms with van der Waals surface area (Å²) < 4.78 is 18.1. The van der Waals surface area contributed by atoms with Crippen LogP contribution >= 0.6 is 0 Å². The summed E-state index contributed by atoms with van der Waals surface area (Å²) in [6, 6.07) is -0.648. The van der Waals surface area contributed by atoms with Crippen LogP contribution in [0, 0.1) is 0 Å². The predicted octanol–water partition coefficient (Wildman–Crippen LogP) is 8.35. The fourth-order valence-corrected chi connectivity index (χ4v) is 5.54. The van der Waals surface area contributed by atoms with Crippen LogP contribution in [0.2, 0.25) is 0 Å². The summed E-state index contributed by atoms with van der Waals surface area (Å²) in [6.45, 7) is 15.3. The van der Waals surface area contributed by atoms with E-state index in [1.165, 1.54) is 57.8 Å². The molecule has 0 bridgehead atoms. The molecule has 0 aliphatic heterocycles. The van der Waals surface area contributed by atoms with Gasteiger partial charge in [0.25, 0.3) is 0 Å². The van der Waals surface area contributed by atoms with Crippen molar-refractivity contribution in [3.63, 3.8) is 0 Å². The lowest BCUT2D eigenvalue weighted by Gasteiger charge is -2.37. The summed E-state index contributed by atoms with van der Waals surface area (Å²) in [6.07, 6.45) is 23.3. The monoisotopic (exact) mass is 684 g/mol.